The predicted octanol–water partition coefficient (Wildman–Crippen LogP) is 1.59. The Morgan fingerprint density at radius 1 is 1.33 bits per heavy atom. The average molecular weight is 324 g/mol. The Morgan fingerprint density at radius 3 is 2.48 bits per heavy atom. The molecular weight excluding hydrogens is 313 g/mol. The third-order valence-corrected chi connectivity index (χ3v) is 4.90. The van der Waals surface area contributed by atoms with Crippen molar-refractivity contribution >= 4 is 15.8 Å². The number of hydrogen-bond donors (Lipinski definition) is 2. The molecule has 1 aromatic rings. The molecule has 1 aromatic carbocycles. The molecule has 0 radical (unpaired) electrons. The molecule has 0 heterocycles. The molecule has 0 bridgehead atoms. The molecule has 5 nitrogen and oxygen atoms in total. The van der Waals surface area contributed by atoms with Crippen molar-refractivity contribution in [2.24, 2.45) is 0 Å². The minimum atomic E-state index is -5.59. The molecule has 21 heavy (non-hydrogen) atoms. The highest BCUT2D eigenvalue weighted by Gasteiger charge is 2.49. The Bertz CT molecular complexity index is 694. The second kappa shape index (κ2) is 4.99. The molecule has 1 aliphatic rings. The molecule has 2 N–H and O–H groups in total. The van der Waals surface area contributed by atoms with Gasteiger partial charge < -0.3 is 10.2 Å². The van der Waals surface area contributed by atoms with Crippen molar-refractivity contribution in [1.29, 1.82) is 0 Å². The number of aliphatic hydroxyl groups excluding tert-OH is 1. The Morgan fingerprint density at radius 2 is 1.95 bits per heavy atom. The lowest BCUT2D eigenvalue weighted by Gasteiger charge is -2.16. The van der Waals surface area contributed by atoms with E-state index in [1.54, 1.807) is 0 Å². The van der Waals surface area contributed by atoms with Crippen LogP contribution in [0.25, 0.3) is 0 Å². The fourth-order valence-electron chi connectivity index (χ4n) is 2.46. The molecule has 9 heteroatoms. The van der Waals surface area contributed by atoms with Crippen LogP contribution in [0.1, 0.15) is 29.2 Å². The van der Waals surface area contributed by atoms with Gasteiger partial charge in [0.15, 0.2) is 0 Å². The Balaban J connectivity index is 2.67. The largest absolute Gasteiger partial charge is 0.501 e. The van der Waals surface area contributed by atoms with Crippen LogP contribution in [-0.2, 0) is 27.5 Å². The van der Waals surface area contributed by atoms with Gasteiger partial charge in [-0.15, -0.1) is 0 Å². The first-order valence-electron chi connectivity index (χ1n) is 5.91. The lowest BCUT2D eigenvalue weighted by molar-refractivity contribution is -0.136. The zero-order valence-corrected chi connectivity index (χ0v) is 11.3. The minimum absolute atomic E-state index is 0.0618. The molecule has 0 saturated heterocycles. The first-order chi connectivity index (χ1) is 9.55. The van der Waals surface area contributed by atoms with E-state index in [2.05, 4.69) is 0 Å². The number of rotatable bonds is 3. The first-order valence-corrected chi connectivity index (χ1v) is 7.40. The summed E-state index contributed by atoms with van der Waals surface area (Å²) in [5.74, 6) is -1.19. The van der Waals surface area contributed by atoms with Gasteiger partial charge in [0.1, 0.15) is 0 Å². The van der Waals surface area contributed by atoms with Crippen LogP contribution in [0.2, 0.25) is 0 Å². The van der Waals surface area contributed by atoms with Gasteiger partial charge in [0.05, 0.1) is 17.4 Å². The summed E-state index contributed by atoms with van der Waals surface area (Å²) in [6.45, 7) is 0. The Labute approximate surface area is 117 Å². The van der Waals surface area contributed by atoms with E-state index >= 15 is 0 Å². The summed E-state index contributed by atoms with van der Waals surface area (Å²) >= 11 is 0. The zero-order chi connectivity index (χ0) is 16.0. The van der Waals surface area contributed by atoms with E-state index in [4.69, 9.17) is 5.11 Å². The monoisotopic (exact) mass is 324 g/mol. The molecule has 0 amide bonds. The molecule has 1 atom stereocenters. The van der Waals surface area contributed by atoms with Gasteiger partial charge in [-0.2, -0.15) is 13.2 Å². The lowest BCUT2D eigenvalue weighted by Crippen LogP contribution is -2.25. The Hall–Kier alpha value is -1.61. The fraction of sp³-hybridized carbons (Fsp3) is 0.417. The van der Waals surface area contributed by atoms with E-state index in [9.17, 15) is 31.5 Å². The van der Waals surface area contributed by atoms with Crippen LogP contribution in [-0.4, -0.2) is 30.1 Å². The van der Waals surface area contributed by atoms with E-state index in [0.29, 0.717) is 6.07 Å². The normalized spacial score (nSPS) is 18.6. The number of hydrogen-bond acceptors (Lipinski definition) is 4. The molecule has 1 aliphatic carbocycles. The van der Waals surface area contributed by atoms with Crippen molar-refractivity contribution in [1.82, 2.24) is 0 Å². The number of carbonyl (C=O) groups is 1. The summed E-state index contributed by atoms with van der Waals surface area (Å²) in [6, 6.07) is 1.78. The number of carboxylic acid groups (broad SMARTS) is 1. The summed E-state index contributed by atoms with van der Waals surface area (Å²) in [5, 5.41) is 18.5. The van der Waals surface area contributed by atoms with Gasteiger partial charge in [0.2, 0.25) is 0 Å². The molecule has 0 spiro atoms. The van der Waals surface area contributed by atoms with Crippen LogP contribution in [0.5, 0.6) is 0 Å². The summed E-state index contributed by atoms with van der Waals surface area (Å²) in [7, 11) is -5.59. The molecule has 1 unspecified atom stereocenters. The number of carboxylic acids is 1. The fourth-order valence-corrected chi connectivity index (χ4v) is 3.51. The summed E-state index contributed by atoms with van der Waals surface area (Å²) in [5.41, 5.74) is -5.41. The van der Waals surface area contributed by atoms with Gasteiger partial charge in [0.25, 0.3) is 9.84 Å². The number of fused-ring (bicyclic) bond motifs is 1. The van der Waals surface area contributed by atoms with Crippen LogP contribution in [0.4, 0.5) is 13.2 Å². The van der Waals surface area contributed by atoms with Crippen LogP contribution in [0.15, 0.2) is 17.0 Å². The maximum atomic E-state index is 12.7. The highest BCUT2D eigenvalue weighted by Crippen LogP contribution is 2.42. The topological polar surface area (TPSA) is 91.7 Å². The summed E-state index contributed by atoms with van der Waals surface area (Å²) < 4.78 is 61.1. The number of alkyl halides is 3. The van der Waals surface area contributed by atoms with Gasteiger partial charge in [-0.05, 0) is 30.0 Å². The number of halogens is 3. The average Bonchev–Trinajstić information content (AvgIpc) is 2.70. The van der Waals surface area contributed by atoms with Crippen molar-refractivity contribution in [3.05, 3.63) is 28.8 Å². The molecule has 0 aliphatic heterocycles. The predicted molar refractivity (Wildman–Crippen MR) is 64.3 cm³/mol. The summed E-state index contributed by atoms with van der Waals surface area (Å²) in [4.78, 5) is 9.73. The van der Waals surface area contributed by atoms with Gasteiger partial charge in [0, 0.05) is 5.56 Å². The van der Waals surface area contributed by atoms with E-state index in [1.165, 1.54) is 0 Å². The third kappa shape index (κ3) is 2.62. The molecule has 0 aromatic heterocycles. The first kappa shape index (κ1) is 15.8. The second-order valence-electron chi connectivity index (χ2n) is 4.69. The molecule has 0 saturated carbocycles. The van der Waals surface area contributed by atoms with Gasteiger partial charge in [-0.3, -0.25) is 4.79 Å². The number of sulfone groups is 1. The van der Waals surface area contributed by atoms with E-state index in [0.717, 1.165) is 6.07 Å². The maximum absolute atomic E-state index is 12.7. The number of aliphatic carboxylic acids is 1. The van der Waals surface area contributed by atoms with Crippen molar-refractivity contribution in [3.8, 4) is 0 Å². The Kier molecular flexibility index (Phi) is 3.75. The minimum Gasteiger partial charge on any atom is -0.481 e. The van der Waals surface area contributed by atoms with Crippen LogP contribution < -0.4 is 0 Å². The van der Waals surface area contributed by atoms with E-state index in [1.807, 2.05) is 0 Å². The van der Waals surface area contributed by atoms with Crippen molar-refractivity contribution in [2.45, 2.75) is 35.8 Å². The lowest BCUT2D eigenvalue weighted by atomic mass is 10.0. The summed E-state index contributed by atoms with van der Waals surface area (Å²) in [6.07, 6.45) is -1.59. The second-order valence-corrected chi connectivity index (χ2v) is 6.60. The quantitative estimate of drug-likeness (QED) is 0.881. The van der Waals surface area contributed by atoms with Gasteiger partial charge in [-0.25, -0.2) is 8.42 Å². The highest BCUT2D eigenvalue weighted by molar-refractivity contribution is 7.92. The smallest absolute Gasteiger partial charge is 0.481 e. The van der Waals surface area contributed by atoms with Crippen molar-refractivity contribution < 1.29 is 36.6 Å². The van der Waals surface area contributed by atoms with E-state index < -0.39 is 38.7 Å². The van der Waals surface area contributed by atoms with E-state index in [-0.39, 0.29) is 29.5 Å². The van der Waals surface area contributed by atoms with Gasteiger partial charge >= 0.3 is 11.5 Å². The maximum Gasteiger partial charge on any atom is 0.501 e. The zero-order valence-electron chi connectivity index (χ0n) is 10.5. The SMILES string of the molecule is O=C(O)Cc1ccc(S(=O)(=O)C(F)(F)F)c2c1CCC2O. The van der Waals surface area contributed by atoms with Gasteiger partial charge in [-0.1, -0.05) is 6.07 Å². The number of aliphatic hydroxyl groups is 1. The molecule has 116 valence electrons. The third-order valence-electron chi connectivity index (χ3n) is 3.35. The molecular formula is C12H11F3O5S. The van der Waals surface area contributed by atoms with Crippen molar-refractivity contribution in [2.75, 3.05) is 0 Å². The van der Waals surface area contributed by atoms with Crippen LogP contribution in [0, 0.1) is 0 Å². The molecule has 0 fully saturated rings. The van der Waals surface area contributed by atoms with Crippen LogP contribution in [0.3, 0.4) is 0 Å². The van der Waals surface area contributed by atoms with Crippen molar-refractivity contribution in [3.63, 3.8) is 0 Å². The number of benzene rings is 1. The highest BCUT2D eigenvalue weighted by atomic mass is 32.2. The standard InChI is InChI=1S/C12H11F3O5S/c13-12(14,15)21(19,20)9-4-1-6(5-10(17)18)7-2-3-8(16)11(7)9/h1,4,8,16H,2-3,5H2,(H,17,18). The van der Waals surface area contributed by atoms with Crippen LogP contribution >= 0.6 is 0 Å². The molecule has 2 rings (SSSR count).